The van der Waals surface area contributed by atoms with Crippen molar-refractivity contribution in [2.75, 3.05) is 23.4 Å². The molecule has 6 nitrogen and oxygen atoms in total. The van der Waals surface area contributed by atoms with Gasteiger partial charge in [0.25, 0.3) is 0 Å². The van der Waals surface area contributed by atoms with Crippen molar-refractivity contribution >= 4 is 27.1 Å². The van der Waals surface area contributed by atoms with E-state index in [1.807, 2.05) is 13.0 Å². The maximum Gasteiger partial charge on any atom is 0.243 e. The lowest BCUT2D eigenvalue weighted by atomic mass is 10.1. The third kappa shape index (κ3) is 4.53. The minimum Gasteiger partial charge on any atom is -0.376 e. The number of nitrogens with one attached hydrogen (secondary N) is 2. The number of aromatic nitrogens is 1. The van der Waals surface area contributed by atoms with Crippen molar-refractivity contribution in [1.29, 1.82) is 0 Å². The lowest BCUT2D eigenvalue weighted by Crippen LogP contribution is -2.22. The molecule has 1 heterocycles. The van der Waals surface area contributed by atoms with Gasteiger partial charge in [-0.15, -0.1) is 0 Å². The number of amides is 1. The number of hydrogen-bond acceptors (Lipinski definition) is 5. The molecular formula is C16H19N3O3S. The molecule has 0 saturated carbocycles. The molecule has 0 aliphatic heterocycles. The first-order valence-corrected chi connectivity index (χ1v) is 8.91. The normalized spacial score (nSPS) is 11.1. The summed E-state index contributed by atoms with van der Waals surface area (Å²) in [5.74, 6) is -0.236. The summed E-state index contributed by atoms with van der Waals surface area (Å²) in [4.78, 5) is 16.1. The highest BCUT2D eigenvalue weighted by atomic mass is 32.2. The second kappa shape index (κ2) is 6.78. The molecule has 0 fully saturated rings. The zero-order valence-electron chi connectivity index (χ0n) is 13.3. The average molecular weight is 333 g/mol. The van der Waals surface area contributed by atoms with Crippen LogP contribution in [0.5, 0.6) is 0 Å². The number of sulfone groups is 1. The van der Waals surface area contributed by atoms with Crippen LogP contribution in [0, 0.1) is 13.8 Å². The Balaban J connectivity index is 2.12. The molecule has 122 valence electrons. The van der Waals surface area contributed by atoms with Gasteiger partial charge < -0.3 is 10.6 Å². The molecule has 0 aliphatic carbocycles. The molecule has 1 aromatic heterocycles. The van der Waals surface area contributed by atoms with E-state index >= 15 is 0 Å². The largest absolute Gasteiger partial charge is 0.376 e. The van der Waals surface area contributed by atoms with Gasteiger partial charge in [-0.2, -0.15) is 0 Å². The molecule has 0 bridgehead atoms. The maximum absolute atomic E-state index is 11.9. The summed E-state index contributed by atoms with van der Waals surface area (Å²) in [6.07, 6.45) is 4.35. The first kappa shape index (κ1) is 17.0. The molecule has 2 rings (SSSR count). The maximum atomic E-state index is 11.9. The van der Waals surface area contributed by atoms with E-state index in [4.69, 9.17) is 0 Å². The Morgan fingerprint density at radius 3 is 2.61 bits per heavy atom. The van der Waals surface area contributed by atoms with E-state index in [1.165, 1.54) is 6.26 Å². The Kier molecular flexibility index (Phi) is 5.00. The lowest BCUT2D eigenvalue weighted by Gasteiger charge is -2.14. The van der Waals surface area contributed by atoms with E-state index in [-0.39, 0.29) is 17.3 Å². The quantitative estimate of drug-likeness (QED) is 0.875. The van der Waals surface area contributed by atoms with Gasteiger partial charge in [0, 0.05) is 18.1 Å². The molecule has 0 spiro atoms. The first-order chi connectivity index (χ1) is 10.8. The minimum absolute atomic E-state index is 0.0301. The third-order valence-electron chi connectivity index (χ3n) is 3.29. The number of nitrogens with zero attached hydrogens (tertiary/aromatic N) is 1. The highest BCUT2D eigenvalue weighted by Crippen LogP contribution is 2.25. The SMILES string of the molecule is Cc1cc(NCC(=O)Nc2cccnc2)c(C)c(S(C)(=O)=O)c1. The van der Waals surface area contributed by atoms with Crippen LogP contribution in [0.1, 0.15) is 11.1 Å². The second-order valence-corrected chi connectivity index (χ2v) is 7.34. The number of anilines is 2. The zero-order chi connectivity index (χ0) is 17.0. The third-order valence-corrected chi connectivity index (χ3v) is 4.51. The van der Waals surface area contributed by atoms with Gasteiger partial charge in [0.2, 0.25) is 5.91 Å². The molecule has 2 aromatic rings. The van der Waals surface area contributed by atoms with Crippen molar-refractivity contribution in [2.24, 2.45) is 0 Å². The topological polar surface area (TPSA) is 88.2 Å². The van der Waals surface area contributed by atoms with Gasteiger partial charge >= 0.3 is 0 Å². The summed E-state index contributed by atoms with van der Waals surface area (Å²) in [5, 5.41) is 5.70. The molecule has 0 aliphatic rings. The summed E-state index contributed by atoms with van der Waals surface area (Å²) >= 11 is 0. The van der Waals surface area contributed by atoms with Crippen LogP contribution in [0.3, 0.4) is 0 Å². The van der Waals surface area contributed by atoms with Crippen molar-refractivity contribution < 1.29 is 13.2 Å². The Bertz CT molecular complexity index is 818. The molecule has 7 heteroatoms. The first-order valence-electron chi connectivity index (χ1n) is 7.02. The molecule has 1 aromatic carbocycles. The van der Waals surface area contributed by atoms with Gasteiger partial charge in [-0.25, -0.2) is 8.42 Å². The number of rotatable bonds is 5. The highest BCUT2D eigenvalue weighted by molar-refractivity contribution is 7.90. The molecule has 1 amide bonds. The molecule has 0 atom stereocenters. The Morgan fingerprint density at radius 2 is 2.00 bits per heavy atom. The van der Waals surface area contributed by atoms with Crippen LogP contribution in [0.25, 0.3) is 0 Å². The smallest absolute Gasteiger partial charge is 0.243 e. The van der Waals surface area contributed by atoms with E-state index in [9.17, 15) is 13.2 Å². The molecular weight excluding hydrogens is 314 g/mol. The Labute approximate surface area is 135 Å². The van der Waals surface area contributed by atoms with Gasteiger partial charge in [-0.1, -0.05) is 0 Å². The van der Waals surface area contributed by atoms with Gasteiger partial charge in [0.1, 0.15) is 0 Å². The number of pyridine rings is 1. The zero-order valence-corrected chi connectivity index (χ0v) is 14.1. The van der Waals surface area contributed by atoms with Crippen molar-refractivity contribution in [1.82, 2.24) is 4.98 Å². The minimum atomic E-state index is -3.31. The van der Waals surface area contributed by atoms with Gasteiger partial charge in [0.05, 0.1) is 23.3 Å². The fourth-order valence-electron chi connectivity index (χ4n) is 2.21. The van der Waals surface area contributed by atoms with Crippen LogP contribution in [-0.4, -0.2) is 32.1 Å². The highest BCUT2D eigenvalue weighted by Gasteiger charge is 2.15. The molecule has 0 radical (unpaired) electrons. The molecule has 23 heavy (non-hydrogen) atoms. The number of aryl methyl sites for hydroxylation is 1. The summed E-state index contributed by atoms with van der Waals surface area (Å²) in [6.45, 7) is 3.56. The number of hydrogen-bond donors (Lipinski definition) is 2. The van der Waals surface area contributed by atoms with Gasteiger partial charge in [-0.3, -0.25) is 9.78 Å². The van der Waals surface area contributed by atoms with E-state index < -0.39 is 9.84 Å². The van der Waals surface area contributed by atoms with Gasteiger partial charge in [0.15, 0.2) is 9.84 Å². The monoisotopic (exact) mass is 333 g/mol. The lowest BCUT2D eigenvalue weighted by molar-refractivity contribution is -0.114. The fourth-order valence-corrected chi connectivity index (χ4v) is 3.28. The van der Waals surface area contributed by atoms with Crippen LogP contribution < -0.4 is 10.6 Å². The molecule has 2 N–H and O–H groups in total. The van der Waals surface area contributed by atoms with Crippen molar-refractivity contribution in [3.05, 3.63) is 47.8 Å². The summed E-state index contributed by atoms with van der Waals surface area (Å²) in [7, 11) is -3.31. The predicted molar refractivity (Wildman–Crippen MR) is 90.4 cm³/mol. The fraction of sp³-hybridized carbons (Fsp3) is 0.250. The van der Waals surface area contributed by atoms with Gasteiger partial charge in [-0.05, 0) is 49.2 Å². The summed E-state index contributed by atoms with van der Waals surface area (Å²) in [6, 6.07) is 6.92. The van der Waals surface area contributed by atoms with Crippen LogP contribution >= 0.6 is 0 Å². The number of benzene rings is 1. The summed E-state index contributed by atoms with van der Waals surface area (Å²) < 4.78 is 23.6. The van der Waals surface area contributed by atoms with Crippen molar-refractivity contribution in [3.63, 3.8) is 0 Å². The molecule has 0 saturated heterocycles. The predicted octanol–water partition coefficient (Wildman–Crippen LogP) is 2.15. The number of carbonyl (C=O) groups excluding carboxylic acids is 1. The van der Waals surface area contributed by atoms with Crippen molar-refractivity contribution in [2.45, 2.75) is 18.7 Å². The summed E-state index contributed by atoms with van der Waals surface area (Å²) in [5.41, 5.74) is 2.65. The molecule has 0 unspecified atom stereocenters. The van der Waals surface area contributed by atoms with E-state index in [1.54, 1.807) is 37.5 Å². The number of carbonyl (C=O) groups is 1. The van der Waals surface area contributed by atoms with Crippen LogP contribution in [-0.2, 0) is 14.6 Å². The second-order valence-electron chi connectivity index (χ2n) is 5.35. The van der Waals surface area contributed by atoms with E-state index in [2.05, 4.69) is 15.6 Å². The Hall–Kier alpha value is -2.41. The average Bonchev–Trinajstić information content (AvgIpc) is 2.47. The van der Waals surface area contributed by atoms with Crippen LogP contribution in [0.2, 0.25) is 0 Å². The van der Waals surface area contributed by atoms with Crippen LogP contribution in [0.4, 0.5) is 11.4 Å². The standard InChI is InChI=1S/C16H19N3O3S/c1-11-7-14(12(2)15(8-11)23(3,21)22)18-10-16(20)19-13-5-4-6-17-9-13/h4-9,18H,10H2,1-3H3,(H,19,20). The van der Waals surface area contributed by atoms with E-state index in [0.29, 0.717) is 16.9 Å². The Morgan fingerprint density at radius 1 is 1.26 bits per heavy atom. The van der Waals surface area contributed by atoms with E-state index in [0.717, 1.165) is 5.56 Å². The van der Waals surface area contributed by atoms with Crippen LogP contribution in [0.15, 0.2) is 41.6 Å². The van der Waals surface area contributed by atoms with Crippen molar-refractivity contribution in [3.8, 4) is 0 Å².